The van der Waals surface area contributed by atoms with Gasteiger partial charge >= 0.3 is 0 Å². The number of carbonyl (C=O) groups excluding carboxylic acids is 1. The highest BCUT2D eigenvalue weighted by atomic mass is 35.5. The van der Waals surface area contributed by atoms with Crippen LogP contribution in [-0.4, -0.2) is 25.1 Å². The maximum Gasteiger partial charge on any atom is 0.292 e. The first-order chi connectivity index (χ1) is 12.3. The monoisotopic (exact) mass is 391 g/mol. The number of sulfonamides is 1. The maximum absolute atomic E-state index is 12.3. The lowest BCUT2D eigenvalue weighted by Crippen LogP contribution is -2.37. The molecule has 2 aromatic carbocycles. The Balaban J connectivity index is 1.91. The Kier molecular flexibility index (Phi) is 4.71. The van der Waals surface area contributed by atoms with Crippen LogP contribution in [0.15, 0.2) is 64.2 Å². The molecule has 0 aromatic heterocycles. The first-order valence-corrected chi connectivity index (χ1v) is 9.32. The van der Waals surface area contributed by atoms with Gasteiger partial charge in [-0.3, -0.25) is 9.52 Å². The molecule has 0 atom stereocenters. The van der Waals surface area contributed by atoms with Crippen LogP contribution in [0.25, 0.3) is 5.76 Å². The fraction of sp³-hybridized carbons (Fsp3) is 0.0588. The first kappa shape index (κ1) is 18.0. The first-order valence-electron chi connectivity index (χ1n) is 7.46. The molecule has 134 valence electrons. The molecule has 1 aliphatic heterocycles. The minimum Gasteiger partial charge on any atom is -0.505 e. The molecular formula is C17H14ClN3O4S. The van der Waals surface area contributed by atoms with Crippen LogP contribution in [-0.2, 0) is 14.8 Å². The van der Waals surface area contributed by atoms with E-state index in [4.69, 9.17) is 11.6 Å². The van der Waals surface area contributed by atoms with Gasteiger partial charge in [0.2, 0.25) is 0 Å². The number of carbonyl (C=O) groups is 1. The Morgan fingerprint density at radius 3 is 2.54 bits per heavy atom. The van der Waals surface area contributed by atoms with Gasteiger partial charge in [-0.1, -0.05) is 41.9 Å². The van der Waals surface area contributed by atoms with Crippen molar-refractivity contribution in [1.82, 2.24) is 10.1 Å². The second-order valence-electron chi connectivity index (χ2n) is 5.44. The number of aliphatic hydroxyl groups is 1. The van der Waals surface area contributed by atoms with Gasteiger partial charge in [-0.15, -0.1) is 0 Å². The van der Waals surface area contributed by atoms with Crippen LogP contribution in [0.1, 0.15) is 18.1 Å². The van der Waals surface area contributed by atoms with Crippen molar-refractivity contribution in [3.8, 4) is 0 Å². The third-order valence-electron chi connectivity index (χ3n) is 3.72. The molecule has 0 aliphatic carbocycles. The van der Waals surface area contributed by atoms with Gasteiger partial charge in [-0.25, -0.2) is 13.8 Å². The average Bonchev–Trinajstić information content (AvgIpc) is 2.63. The second-order valence-corrected chi connectivity index (χ2v) is 7.50. The second kappa shape index (κ2) is 6.81. The van der Waals surface area contributed by atoms with Gasteiger partial charge in [0.05, 0.1) is 10.6 Å². The number of hydrazone groups is 1. The smallest absolute Gasteiger partial charge is 0.292 e. The molecule has 3 rings (SSSR count). The summed E-state index contributed by atoms with van der Waals surface area (Å²) in [7, 11) is -3.96. The molecule has 9 heteroatoms. The van der Waals surface area contributed by atoms with Crippen molar-refractivity contribution in [1.29, 1.82) is 0 Å². The Morgan fingerprint density at radius 1 is 1.15 bits per heavy atom. The zero-order chi connectivity index (χ0) is 18.9. The Hall–Kier alpha value is -2.84. The lowest BCUT2D eigenvalue weighted by Gasteiger charge is -2.20. The third kappa shape index (κ3) is 3.29. The number of fused-ring (bicyclic) bond motifs is 1. The molecular weight excluding hydrogens is 378 g/mol. The summed E-state index contributed by atoms with van der Waals surface area (Å²) < 4.78 is 26.6. The molecule has 1 heterocycles. The number of hydrogen-bond donors (Lipinski definition) is 3. The minimum atomic E-state index is -3.96. The van der Waals surface area contributed by atoms with E-state index in [1.54, 1.807) is 37.3 Å². The fourth-order valence-electron chi connectivity index (χ4n) is 2.43. The lowest BCUT2D eigenvalue weighted by molar-refractivity contribution is -0.117. The summed E-state index contributed by atoms with van der Waals surface area (Å²) in [5, 5.41) is 14.6. The van der Waals surface area contributed by atoms with Crippen LogP contribution in [0.4, 0.5) is 0 Å². The maximum atomic E-state index is 12.3. The number of rotatable bonds is 3. The Labute approximate surface area is 155 Å². The van der Waals surface area contributed by atoms with E-state index >= 15 is 0 Å². The molecule has 0 fully saturated rings. The quantitative estimate of drug-likeness (QED) is 0.551. The van der Waals surface area contributed by atoms with E-state index in [0.717, 1.165) is 0 Å². The van der Waals surface area contributed by atoms with Gasteiger partial charge in [0.25, 0.3) is 15.9 Å². The molecule has 2 aromatic rings. The molecule has 0 saturated carbocycles. The molecule has 0 unspecified atom stereocenters. The topological polar surface area (TPSA) is 108 Å². The standard InChI is InChI=1S/C17H14ClN3O4S/c1-10(11-6-2-4-8-13(11)18)19-20-17(23)15-16(22)12-7-3-5-9-14(12)26(24,25)21-15/h2-9,21-22H,1H3,(H,20,23)/b19-10+. The molecule has 1 amide bonds. The largest absolute Gasteiger partial charge is 0.505 e. The van der Waals surface area contributed by atoms with Crippen LogP contribution in [0.2, 0.25) is 5.02 Å². The van der Waals surface area contributed by atoms with Crippen molar-refractivity contribution < 1.29 is 18.3 Å². The molecule has 0 saturated heterocycles. The van der Waals surface area contributed by atoms with Crippen molar-refractivity contribution >= 4 is 39.0 Å². The molecule has 0 radical (unpaired) electrons. The number of benzene rings is 2. The van der Waals surface area contributed by atoms with E-state index in [1.807, 2.05) is 0 Å². The SMILES string of the molecule is C/C(=N\NC(=O)C1=C(O)c2ccccc2S(=O)(=O)N1)c1ccccc1Cl. The highest BCUT2D eigenvalue weighted by molar-refractivity contribution is 7.89. The summed E-state index contributed by atoms with van der Waals surface area (Å²) in [6, 6.07) is 12.8. The van der Waals surface area contributed by atoms with Gasteiger partial charge in [-0.2, -0.15) is 5.10 Å². The molecule has 3 N–H and O–H groups in total. The average molecular weight is 392 g/mol. The Morgan fingerprint density at radius 2 is 1.81 bits per heavy atom. The van der Waals surface area contributed by atoms with Crippen LogP contribution in [0, 0.1) is 0 Å². The molecule has 0 spiro atoms. The number of nitrogens with one attached hydrogen (secondary N) is 2. The van der Waals surface area contributed by atoms with E-state index < -0.39 is 27.4 Å². The van der Waals surface area contributed by atoms with Crippen molar-refractivity contribution in [3.63, 3.8) is 0 Å². The summed E-state index contributed by atoms with van der Waals surface area (Å²) in [6.07, 6.45) is 0. The predicted molar refractivity (Wildman–Crippen MR) is 98.1 cm³/mol. The van der Waals surface area contributed by atoms with Crippen LogP contribution < -0.4 is 10.1 Å². The summed E-state index contributed by atoms with van der Waals surface area (Å²) in [5.41, 5.74) is 2.80. The van der Waals surface area contributed by atoms with Crippen LogP contribution >= 0.6 is 11.6 Å². The van der Waals surface area contributed by atoms with Crippen LogP contribution in [0.5, 0.6) is 0 Å². The van der Waals surface area contributed by atoms with E-state index in [2.05, 4.69) is 15.2 Å². The zero-order valence-electron chi connectivity index (χ0n) is 13.5. The fourth-order valence-corrected chi connectivity index (χ4v) is 3.98. The summed E-state index contributed by atoms with van der Waals surface area (Å²) >= 11 is 6.07. The number of hydrogen-bond acceptors (Lipinski definition) is 5. The third-order valence-corrected chi connectivity index (χ3v) is 5.46. The number of nitrogens with zero attached hydrogens (tertiary/aromatic N) is 1. The van der Waals surface area contributed by atoms with Crippen molar-refractivity contribution in [2.45, 2.75) is 11.8 Å². The van der Waals surface area contributed by atoms with Crippen LogP contribution in [0.3, 0.4) is 0 Å². The molecule has 0 bridgehead atoms. The van der Waals surface area contributed by atoms with E-state index in [9.17, 15) is 18.3 Å². The van der Waals surface area contributed by atoms with Gasteiger partial charge in [0, 0.05) is 16.1 Å². The molecule has 1 aliphatic rings. The van der Waals surface area contributed by atoms with Crippen molar-refractivity contribution in [3.05, 3.63) is 70.4 Å². The highest BCUT2D eigenvalue weighted by Crippen LogP contribution is 2.28. The van der Waals surface area contributed by atoms with Crippen molar-refractivity contribution in [2.75, 3.05) is 0 Å². The number of halogens is 1. The lowest BCUT2D eigenvalue weighted by atomic mass is 10.1. The zero-order valence-corrected chi connectivity index (χ0v) is 15.1. The number of amides is 1. The highest BCUT2D eigenvalue weighted by Gasteiger charge is 2.32. The predicted octanol–water partition coefficient (Wildman–Crippen LogP) is 2.40. The summed E-state index contributed by atoms with van der Waals surface area (Å²) in [5.74, 6) is -1.37. The Bertz CT molecular complexity index is 1060. The van der Waals surface area contributed by atoms with E-state index in [1.165, 1.54) is 18.2 Å². The molecule has 26 heavy (non-hydrogen) atoms. The van der Waals surface area contributed by atoms with Gasteiger partial charge in [0.1, 0.15) is 0 Å². The summed E-state index contributed by atoms with van der Waals surface area (Å²) in [4.78, 5) is 12.2. The van der Waals surface area contributed by atoms with Crippen molar-refractivity contribution in [2.24, 2.45) is 5.10 Å². The van der Waals surface area contributed by atoms with E-state index in [0.29, 0.717) is 16.3 Å². The minimum absolute atomic E-state index is 0.0446. The van der Waals surface area contributed by atoms with E-state index in [-0.39, 0.29) is 10.5 Å². The van der Waals surface area contributed by atoms with Gasteiger partial charge in [0.15, 0.2) is 11.5 Å². The number of aliphatic hydroxyl groups excluding tert-OH is 1. The molecule has 7 nitrogen and oxygen atoms in total. The normalized spacial score (nSPS) is 15.8. The van der Waals surface area contributed by atoms with Gasteiger partial charge < -0.3 is 5.11 Å². The summed E-state index contributed by atoms with van der Waals surface area (Å²) in [6.45, 7) is 1.63. The van der Waals surface area contributed by atoms with Gasteiger partial charge in [-0.05, 0) is 25.1 Å².